The molecular formula is C14H17NO. The summed E-state index contributed by atoms with van der Waals surface area (Å²) in [6, 6.07) is 6.19. The van der Waals surface area contributed by atoms with E-state index in [2.05, 4.69) is 24.0 Å². The minimum Gasteiger partial charge on any atom is -0.492 e. The third-order valence-corrected chi connectivity index (χ3v) is 2.69. The quantitative estimate of drug-likeness (QED) is 0.619. The predicted octanol–water partition coefficient (Wildman–Crippen LogP) is 2.10. The van der Waals surface area contributed by atoms with Gasteiger partial charge in [0.05, 0.1) is 12.2 Å². The summed E-state index contributed by atoms with van der Waals surface area (Å²) in [5.74, 6) is 7.36. The first-order chi connectivity index (χ1) is 7.92. The second-order valence-corrected chi connectivity index (χ2v) is 3.94. The van der Waals surface area contributed by atoms with Crippen LogP contribution >= 0.6 is 0 Å². The van der Waals surface area contributed by atoms with Crippen molar-refractivity contribution in [3.8, 4) is 17.6 Å². The first-order valence-electron chi connectivity index (χ1n) is 5.85. The van der Waals surface area contributed by atoms with Crippen molar-refractivity contribution >= 4 is 0 Å². The van der Waals surface area contributed by atoms with E-state index in [0.717, 1.165) is 50.1 Å². The fourth-order valence-electron chi connectivity index (χ4n) is 1.83. The number of ether oxygens (including phenoxy) is 1. The Kier molecular flexibility index (Phi) is 3.85. The molecule has 0 atom stereocenters. The van der Waals surface area contributed by atoms with Crippen molar-refractivity contribution in [2.75, 3.05) is 13.2 Å². The predicted molar refractivity (Wildman–Crippen MR) is 65.4 cm³/mol. The first-order valence-corrected chi connectivity index (χ1v) is 5.85. The van der Waals surface area contributed by atoms with E-state index >= 15 is 0 Å². The average Bonchev–Trinajstić information content (AvgIpc) is 2.77. The van der Waals surface area contributed by atoms with Crippen molar-refractivity contribution in [3.05, 3.63) is 29.3 Å². The van der Waals surface area contributed by atoms with E-state index in [1.165, 1.54) is 5.56 Å². The number of fused-ring (bicyclic) bond motifs is 1. The Morgan fingerprint density at radius 1 is 1.31 bits per heavy atom. The molecule has 0 saturated carbocycles. The van der Waals surface area contributed by atoms with Crippen molar-refractivity contribution in [1.29, 1.82) is 0 Å². The third kappa shape index (κ3) is 2.56. The number of hydrogen-bond acceptors (Lipinski definition) is 2. The molecule has 0 amide bonds. The number of para-hydroxylation sites is 1. The lowest BCUT2D eigenvalue weighted by Crippen LogP contribution is -1.96. The van der Waals surface area contributed by atoms with E-state index in [1.807, 2.05) is 6.07 Å². The maximum absolute atomic E-state index is 5.59. The van der Waals surface area contributed by atoms with Crippen LogP contribution in [-0.4, -0.2) is 13.2 Å². The average molecular weight is 215 g/mol. The van der Waals surface area contributed by atoms with Gasteiger partial charge in [0.2, 0.25) is 0 Å². The van der Waals surface area contributed by atoms with E-state index in [1.54, 1.807) is 0 Å². The molecule has 0 saturated heterocycles. The van der Waals surface area contributed by atoms with Gasteiger partial charge in [-0.2, -0.15) is 0 Å². The number of rotatable bonds is 3. The lowest BCUT2D eigenvalue weighted by molar-refractivity contribution is 0.356. The molecule has 2 nitrogen and oxygen atoms in total. The monoisotopic (exact) mass is 215 g/mol. The van der Waals surface area contributed by atoms with E-state index in [9.17, 15) is 0 Å². The van der Waals surface area contributed by atoms with Crippen LogP contribution < -0.4 is 10.5 Å². The Labute approximate surface area is 96.8 Å². The van der Waals surface area contributed by atoms with Crippen LogP contribution in [0.25, 0.3) is 0 Å². The minimum absolute atomic E-state index is 0.755. The highest BCUT2D eigenvalue weighted by Gasteiger charge is 2.14. The Morgan fingerprint density at radius 3 is 3.12 bits per heavy atom. The molecule has 2 heteroatoms. The molecule has 2 rings (SSSR count). The van der Waals surface area contributed by atoms with Gasteiger partial charge in [0.15, 0.2) is 0 Å². The van der Waals surface area contributed by atoms with Crippen molar-refractivity contribution < 1.29 is 4.74 Å². The first kappa shape index (κ1) is 11.0. The van der Waals surface area contributed by atoms with Crippen LogP contribution in [0, 0.1) is 11.8 Å². The number of nitrogens with two attached hydrogens (primary N) is 1. The van der Waals surface area contributed by atoms with Crippen molar-refractivity contribution in [3.63, 3.8) is 0 Å². The SMILES string of the molecule is NCCCCC#Cc1cccc2c1OCC2. The van der Waals surface area contributed by atoms with Crippen LogP contribution in [0.5, 0.6) is 5.75 Å². The van der Waals surface area contributed by atoms with Gasteiger partial charge in [0.1, 0.15) is 5.75 Å². The molecule has 16 heavy (non-hydrogen) atoms. The van der Waals surface area contributed by atoms with Crippen LogP contribution in [0.1, 0.15) is 30.4 Å². The van der Waals surface area contributed by atoms with E-state index in [-0.39, 0.29) is 0 Å². The molecule has 1 aliphatic rings. The summed E-state index contributed by atoms with van der Waals surface area (Å²) in [5.41, 5.74) is 7.74. The second kappa shape index (κ2) is 5.58. The van der Waals surface area contributed by atoms with E-state index in [4.69, 9.17) is 10.5 Å². The normalized spacial score (nSPS) is 12.6. The van der Waals surface area contributed by atoms with Crippen LogP contribution in [0.15, 0.2) is 18.2 Å². The highest BCUT2D eigenvalue weighted by atomic mass is 16.5. The zero-order chi connectivity index (χ0) is 11.2. The fourth-order valence-corrected chi connectivity index (χ4v) is 1.83. The van der Waals surface area contributed by atoms with Gasteiger partial charge in [-0.05, 0) is 31.0 Å². The molecule has 0 aliphatic carbocycles. The summed E-state index contributed by atoms with van der Waals surface area (Å²) in [5, 5.41) is 0. The molecule has 1 aromatic rings. The molecule has 1 heterocycles. The van der Waals surface area contributed by atoms with Gasteiger partial charge in [-0.3, -0.25) is 0 Å². The largest absolute Gasteiger partial charge is 0.492 e. The molecule has 1 aliphatic heterocycles. The van der Waals surface area contributed by atoms with Crippen molar-refractivity contribution in [1.82, 2.24) is 0 Å². The summed E-state index contributed by atoms with van der Waals surface area (Å²) in [6.45, 7) is 1.55. The smallest absolute Gasteiger partial charge is 0.138 e. The van der Waals surface area contributed by atoms with Crippen LogP contribution in [0.2, 0.25) is 0 Å². The lowest BCUT2D eigenvalue weighted by atomic mass is 10.1. The Bertz CT molecular complexity index is 414. The summed E-state index contributed by atoms with van der Waals surface area (Å²) in [7, 11) is 0. The maximum Gasteiger partial charge on any atom is 0.138 e. The zero-order valence-electron chi connectivity index (χ0n) is 9.46. The van der Waals surface area contributed by atoms with E-state index in [0.29, 0.717) is 0 Å². The van der Waals surface area contributed by atoms with Gasteiger partial charge in [-0.15, -0.1) is 0 Å². The molecule has 2 N–H and O–H groups in total. The molecule has 0 aromatic heterocycles. The van der Waals surface area contributed by atoms with Crippen LogP contribution in [0.4, 0.5) is 0 Å². The van der Waals surface area contributed by atoms with Crippen LogP contribution in [-0.2, 0) is 6.42 Å². The molecule has 0 unspecified atom stereocenters. The van der Waals surface area contributed by atoms with Gasteiger partial charge in [-0.25, -0.2) is 0 Å². The van der Waals surface area contributed by atoms with Crippen molar-refractivity contribution in [2.45, 2.75) is 25.7 Å². The Morgan fingerprint density at radius 2 is 2.25 bits per heavy atom. The van der Waals surface area contributed by atoms with Gasteiger partial charge < -0.3 is 10.5 Å². The topological polar surface area (TPSA) is 35.2 Å². The summed E-state index contributed by atoms with van der Waals surface area (Å²) in [4.78, 5) is 0. The Balaban J connectivity index is 2.02. The van der Waals surface area contributed by atoms with Crippen LogP contribution in [0.3, 0.4) is 0 Å². The number of hydrogen-bond donors (Lipinski definition) is 1. The van der Waals surface area contributed by atoms with Gasteiger partial charge >= 0.3 is 0 Å². The van der Waals surface area contributed by atoms with Gasteiger partial charge in [0.25, 0.3) is 0 Å². The molecule has 1 aromatic carbocycles. The number of unbranched alkanes of at least 4 members (excludes halogenated alkanes) is 2. The highest BCUT2D eigenvalue weighted by Crippen LogP contribution is 2.28. The molecule has 0 radical (unpaired) electrons. The summed E-state index contributed by atoms with van der Waals surface area (Å²) < 4.78 is 5.59. The molecule has 0 bridgehead atoms. The molecule has 0 fully saturated rings. The highest BCUT2D eigenvalue weighted by molar-refractivity contribution is 5.52. The Hall–Kier alpha value is -1.46. The third-order valence-electron chi connectivity index (χ3n) is 2.69. The van der Waals surface area contributed by atoms with Crippen molar-refractivity contribution in [2.24, 2.45) is 5.73 Å². The maximum atomic E-state index is 5.59. The van der Waals surface area contributed by atoms with Gasteiger partial charge in [0, 0.05) is 12.8 Å². The van der Waals surface area contributed by atoms with Gasteiger partial charge in [-0.1, -0.05) is 24.0 Å². The molecule has 84 valence electrons. The minimum atomic E-state index is 0.755. The fraction of sp³-hybridized carbons (Fsp3) is 0.429. The lowest BCUT2D eigenvalue weighted by Gasteiger charge is -2.00. The molecular weight excluding hydrogens is 198 g/mol. The summed E-state index contributed by atoms with van der Waals surface area (Å²) >= 11 is 0. The summed E-state index contributed by atoms with van der Waals surface area (Å²) in [6.07, 6.45) is 4.07. The zero-order valence-corrected chi connectivity index (χ0v) is 9.46. The number of benzene rings is 1. The van der Waals surface area contributed by atoms with E-state index < -0.39 is 0 Å². The second-order valence-electron chi connectivity index (χ2n) is 3.94. The standard InChI is InChI=1S/C14H17NO/c15-10-4-2-1-3-6-12-7-5-8-13-9-11-16-14(12)13/h5,7-8H,1-2,4,9-11,15H2. The molecule has 0 spiro atoms.